The van der Waals surface area contributed by atoms with Crippen molar-refractivity contribution in [3.05, 3.63) is 102 Å². The molecule has 3 aromatic carbocycles. The van der Waals surface area contributed by atoms with Gasteiger partial charge >= 0.3 is 12.1 Å². The number of carbonyl (C=O) groups is 4. The summed E-state index contributed by atoms with van der Waals surface area (Å²) >= 11 is 0. The lowest BCUT2D eigenvalue weighted by atomic mass is 10.0. The van der Waals surface area contributed by atoms with Crippen LogP contribution in [-0.2, 0) is 32.1 Å². The van der Waals surface area contributed by atoms with Gasteiger partial charge in [-0.25, -0.2) is 4.79 Å². The lowest BCUT2D eigenvalue weighted by Crippen LogP contribution is -2.45. The maximum atomic E-state index is 13.5. The summed E-state index contributed by atoms with van der Waals surface area (Å²) in [5.41, 5.74) is 3.00. The number of aromatic amines is 1. The van der Waals surface area contributed by atoms with Gasteiger partial charge in [0.25, 0.3) is 5.91 Å². The summed E-state index contributed by atoms with van der Waals surface area (Å²) in [6.45, 7) is 0.120. The second-order valence-corrected chi connectivity index (χ2v) is 8.94. The zero-order valence-corrected chi connectivity index (χ0v) is 21.9. The van der Waals surface area contributed by atoms with Gasteiger partial charge in [0, 0.05) is 30.1 Å². The standard InChI is InChI=1S/C30H30N4O6/c1-39-27(35)15-16-31-28(36)23-12-6-8-14-25(23)33-29(37)26(17-21-18-32-24-13-7-5-11-22(21)24)34-30(38)40-19-20-9-3-2-4-10-20/h2-14,18,26,32H,15-17,19H2,1H3,(H,31,36)(H,33,37)(H,34,38)/t26-/m0/s1. The molecule has 0 fully saturated rings. The molecule has 4 aromatic rings. The molecular formula is C30H30N4O6. The number of hydrogen-bond donors (Lipinski definition) is 4. The van der Waals surface area contributed by atoms with Crippen LogP contribution < -0.4 is 16.0 Å². The minimum atomic E-state index is -1.02. The number of aromatic nitrogens is 1. The highest BCUT2D eigenvalue weighted by Crippen LogP contribution is 2.21. The molecule has 0 radical (unpaired) electrons. The number of methoxy groups -OCH3 is 1. The first-order valence-electron chi connectivity index (χ1n) is 12.7. The topological polar surface area (TPSA) is 139 Å². The van der Waals surface area contributed by atoms with E-state index < -0.39 is 29.9 Å². The van der Waals surface area contributed by atoms with Crippen molar-refractivity contribution in [2.75, 3.05) is 19.0 Å². The number of ether oxygens (including phenoxy) is 2. The first-order chi connectivity index (χ1) is 19.4. The highest BCUT2D eigenvalue weighted by Gasteiger charge is 2.25. The van der Waals surface area contributed by atoms with Crippen LogP contribution in [0.4, 0.5) is 10.5 Å². The molecule has 4 N–H and O–H groups in total. The van der Waals surface area contributed by atoms with E-state index in [9.17, 15) is 19.2 Å². The minimum absolute atomic E-state index is 0.0124. The number of benzene rings is 3. The number of hydrogen-bond acceptors (Lipinski definition) is 6. The van der Waals surface area contributed by atoms with E-state index in [1.807, 2.05) is 54.6 Å². The Morgan fingerprint density at radius 3 is 2.42 bits per heavy atom. The second kappa shape index (κ2) is 13.6. The maximum Gasteiger partial charge on any atom is 0.408 e. The van der Waals surface area contributed by atoms with Crippen molar-refractivity contribution in [2.45, 2.75) is 25.5 Å². The predicted molar refractivity (Wildman–Crippen MR) is 150 cm³/mol. The molecule has 4 rings (SSSR count). The molecule has 10 nitrogen and oxygen atoms in total. The Balaban J connectivity index is 1.49. The highest BCUT2D eigenvalue weighted by molar-refractivity contribution is 6.05. The van der Waals surface area contributed by atoms with Crippen LogP contribution in [-0.4, -0.2) is 48.6 Å². The lowest BCUT2D eigenvalue weighted by Gasteiger charge is -2.19. The first-order valence-corrected chi connectivity index (χ1v) is 12.7. The van der Waals surface area contributed by atoms with Crippen molar-refractivity contribution in [3.8, 4) is 0 Å². The van der Waals surface area contributed by atoms with E-state index in [4.69, 9.17) is 4.74 Å². The monoisotopic (exact) mass is 542 g/mol. The van der Waals surface area contributed by atoms with E-state index in [2.05, 4.69) is 25.7 Å². The van der Waals surface area contributed by atoms with Gasteiger partial charge in [0.1, 0.15) is 12.6 Å². The summed E-state index contributed by atoms with van der Waals surface area (Å²) in [4.78, 5) is 53.6. The summed E-state index contributed by atoms with van der Waals surface area (Å²) in [6, 6.07) is 22.3. The molecule has 0 aliphatic heterocycles. The third-order valence-corrected chi connectivity index (χ3v) is 6.19. The smallest absolute Gasteiger partial charge is 0.408 e. The van der Waals surface area contributed by atoms with Gasteiger partial charge in [-0.05, 0) is 29.3 Å². The first kappa shape index (κ1) is 27.9. The van der Waals surface area contributed by atoms with Crippen LogP contribution in [0, 0.1) is 0 Å². The van der Waals surface area contributed by atoms with Crippen LogP contribution in [0.25, 0.3) is 10.9 Å². The Morgan fingerprint density at radius 1 is 0.900 bits per heavy atom. The van der Waals surface area contributed by atoms with Gasteiger partial charge in [-0.3, -0.25) is 14.4 Å². The highest BCUT2D eigenvalue weighted by atomic mass is 16.5. The molecule has 0 saturated carbocycles. The third-order valence-electron chi connectivity index (χ3n) is 6.19. The molecule has 0 unspecified atom stereocenters. The van der Waals surface area contributed by atoms with E-state index in [1.165, 1.54) is 7.11 Å². The van der Waals surface area contributed by atoms with Crippen molar-refractivity contribution in [2.24, 2.45) is 0 Å². The van der Waals surface area contributed by atoms with Crippen LogP contribution in [0.1, 0.15) is 27.9 Å². The number of carbonyl (C=O) groups excluding carboxylic acids is 4. The Bertz CT molecular complexity index is 1480. The summed E-state index contributed by atoms with van der Waals surface area (Å²) < 4.78 is 9.95. The SMILES string of the molecule is COC(=O)CCNC(=O)c1ccccc1NC(=O)[C@H](Cc1c[nH]c2ccccc12)NC(=O)OCc1ccccc1. The van der Waals surface area contributed by atoms with Crippen molar-refractivity contribution in [3.63, 3.8) is 0 Å². The van der Waals surface area contributed by atoms with Crippen molar-refractivity contribution in [1.82, 2.24) is 15.6 Å². The number of nitrogens with one attached hydrogen (secondary N) is 4. The minimum Gasteiger partial charge on any atom is -0.469 e. The predicted octanol–water partition coefficient (Wildman–Crippen LogP) is 3.94. The van der Waals surface area contributed by atoms with E-state index >= 15 is 0 Å². The molecule has 10 heteroatoms. The van der Waals surface area contributed by atoms with Gasteiger partial charge in [-0.15, -0.1) is 0 Å². The van der Waals surface area contributed by atoms with E-state index in [1.54, 1.807) is 30.5 Å². The Kier molecular flexibility index (Phi) is 9.49. The number of rotatable bonds is 11. The molecule has 0 aliphatic carbocycles. The van der Waals surface area contributed by atoms with E-state index in [0.29, 0.717) is 0 Å². The average molecular weight is 543 g/mol. The third kappa shape index (κ3) is 7.47. The number of esters is 1. The number of anilines is 1. The normalized spacial score (nSPS) is 11.3. The number of alkyl carbamates (subject to hydrolysis) is 1. The Morgan fingerprint density at radius 2 is 1.62 bits per heavy atom. The zero-order chi connectivity index (χ0) is 28.3. The molecule has 0 saturated heterocycles. The van der Waals surface area contributed by atoms with Crippen molar-refractivity contribution in [1.29, 1.82) is 0 Å². The molecule has 206 valence electrons. The van der Waals surface area contributed by atoms with Crippen LogP contribution in [0.2, 0.25) is 0 Å². The van der Waals surface area contributed by atoms with Crippen molar-refractivity contribution >= 4 is 40.5 Å². The number of H-pyrrole nitrogens is 1. The Labute approximate surface area is 231 Å². The van der Waals surface area contributed by atoms with Crippen LogP contribution >= 0.6 is 0 Å². The average Bonchev–Trinajstić information content (AvgIpc) is 3.39. The fourth-order valence-electron chi connectivity index (χ4n) is 4.12. The lowest BCUT2D eigenvalue weighted by molar-refractivity contribution is -0.140. The van der Waals surface area contributed by atoms with Gasteiger partial charge in [0.2, 0.25) is 5.91 Å². The molecule has 1 atom stereocenters. The van der Waals surface area contributed by atoms with Gasteiger partial charge in [0.05, 0.1) is 24.8 Å². The largest absolute Gasteiger partial charge is 0.469 e. The maximum absolute atomic E-state index is 13.5. The van der Waals surface area contributed by atoms with Crippen molar-refractivity contribution < 1.29 is 28.7 Å². The van der Waals surface area contributed by atoms with Crippen LogP contribution in [0.5, 0.6) is 0 Å². The van der Waals surface area contributed by atoms with Gasteiger partial charge in [-0.1, -0.05) is 60.7 Å². The number of para-hydroxylation sites is 2. The molecule has 1 aromatic heterocycles. The molecule has 1 heterocycles. The molecule has 0 spiro atoms. The Hall–Kier alpha value is -5.12. The molecular weight excluding hydrogens is 512 g/mol. The van der Waals surface area contributed by atoms with Crippen LogP contribution in [0.15, 0.2) is 85.1 Å². The number of amides is 3. The molecule has 3 amide bonds. The van der Waals surface area contributed by atoms with Gasteiger partial charge in [-0.2, -0.15) is 0 Å². The number of fused-ring (bicyclic) bond motifs is 1. The van der Waals surface area contributed by atoms with E-state index in [0.717, 1.165) is 22.0 Å². The summed E-state index contributed by atoms with van der Waals surface area (Å²) in [5.74, 6) is -1.45. The fourth-order valence-corrected chi connectivity index (χ4v) is 4.12. The fraction of sp³-hybridized carbons (Fsp3) is 0.200. The second-order valence-electron chi connectivity index (χ2n) is 8.94. The summed E-state index contributed by atoms with van der Waals surface area (Å²) in [7, 11) is 1.27. The van der Waals surface area contributed by atoms with E-state index in [-0.39, 0.29) is 37.2 Å². The van der Waals surface area contributed by atoms with Crippen LogP contribution in [0.3, 0.4) is 0 Å². The quantitative estimate of drug-likeness (QED) is 0.212. The molecule has 40 heavy (non-hydrogen) atoms. The zero-order valence-electron chi connectivity index (χ0n) is 21.9. The molecule has 0 bridgehead atoms. The summed E-state index contributed by atoms with van der Waals surface area (Å²) in [6.07, 6.45) is 1.23. The summed E-state index contributed by atoms with van der Waals surface area (Å²) in [5, 5.41) is 9.01. The molecule has 0 aliphatic rings. The van der Waals surface area contributed by atoms with Gasteiger partial charge < -0.3 is 30.4 Å². The van der Waals surface area contributed by atoms with Gasteiger partial charge in [0.15, 0.2) is 0 Å².